The first kappa shape index (κ1) is 16.0. The summed E-state index contributed by atoms with van der Waals surface area (Å²) in [5.41, 5.74) is 1.47. The zero-order valence-corrected chi connectivity index (χ0v) is 14.5. The van der Waals surface area contributed by atoms with Gasteiger partial charge in [0.05, 0.1) is 5.92 Å². The number of nitrogens with one attached hydrogen (secondary N) is 1. The normalized spacial score (nSPS) is 17.4. The standard InChI is InChI=1S/C17H14BrClN2O2/c18-12-2-1-3-14(9-12)20-17(23)11-8-16(22)21(10-11)15-6-4-13(19)5-7-15/h1-7,9,11H,8,10H2,(H,20,23). The Morgan fingerprint density at radius 1 is 1.22 bits per heavy atom. The molecule has 2 aromatic rings. The number of anilines is 2. The maximum atomic E-state index is 12.4. The monoisotopic (exact) mass is 392 g/mol. The molecule has 1 unspecified atom stereocenters. The molecule has 0 saturated carbocycles. The van der Waals surface area contributed by atoms with E-state index in [9.17, 15) is 9.59 Å². The summed E-state index contributed by atoms with van der Waals surface area (Å²) in [6.45, 7) is 0.375. The Morgan fingerprint density at radius 3 is 2.65 bits per heavy atom. The summed E-state index contributed by atoms with van der Waals surface area (Å²) in [6.07, 6.45) is 0.211. The second-order valence-electron chi connectivity index (χ2n) is 5.38. The Kier molecular flexibility index (Phi) is 4.68. The molecule has 6 heteroatoms. The van der Waals surface area contributed by atoms with Gasteiger partial charge in [0.15, 0.2) is 0 Å². The molecule has 0 radical (unpaired) electrons. The molecule has 0 aliphatic carbocycles. The minimum absolute atomic E-state index is 0.0540. The maximum absolute atomic E-state index is 12.4. The van der Waals surface area contributed by atoms with E-state index in [0.29, 0.717) is 17.3 Å². The summed E-state index contributed by atoms with van der Waals surface area (Å²) < 4.78 is 0.889. The molecule has 4 nitrogen and oxygen atoms in total. The van der Waals surface area contributed by atoms with Gasteiger partial charge in [0, 0.05) is 33.8 Å². The van der Waals surface area contributed by atoms with Crippen LogP contribution in [0.1, 0.15) is 6.42 Å². The summed E-state index contributed by atoms with van der Waals surface area (Å²) in [5, 5.41) is 3.47. The van der Waals surface area contributed by atoms with Crippen molar-refractivity contribution in [1.82, 2.24) is 0 Å². The minimum Gasteiger partial charge on any atom is -0.326 e. The fraction of sp³-hybridized carbons (Fsp3) is 0.176. The summed E-state index contributed by atoms with van der Waals surface area (Å²) >= 11 is 9.23. The first-order valence-electron chi connectivity index (χ1n) is 7.15. The average Bonchev–Trinajstić information content (AvgIpc) is 2.90. The van der Waals surface area contributed by atoms with Crippen LogP contribution >= 0.6 is 27.5 Å². The van der Waals surface area contributed by atoms with Crippen molar-refractivity contribution in [2.24, 2.45) is 5.92 Å². The minimum atomic E-state index is -0.364. The molecule has 1 N–H and O–H groups in total. The molecule has 2 aromatic carbocycles. The van der Waals surface area contributed by atoms with Crippen molar-refractivity contribution >= 4 is 50.7 Å². The van der Waals surface area contributed by atoms with E-state index < -0.39 is 0 Å². The van der Waals surface area contributed by atoms with E-state index in [2.05, 4.69) is 21.2 Å². The topological polar surface area (TPSA) is 49.4 Å². The Hall–Kier alpha value is -1.85. The van der Waals surface area contributed by atoms with Crippen LogP contribution in [-0.2, 0) is 9.59 Å². The predicted molar refractivity (Wildman–Crippen MR) is 94.7 cm³/mol. The highest BCUT2D eigenvalue weighted by Gasteiger charge is 2.35. The fourth-order valence-corrected chi connectivity index (χ4v) is 3.09. The molecule has 1 aliphatic heterocycles. The van der Waals surface area contributed by atoms with Gasteiger partial charge in [0.25, 0.3) is 0 Å². The third-order valence-corrected chi connectivity index (χ3v) is 4.47. The molecule has 1 aliphatic rings. The van der Waals surface area contributed by atoms with Gasteiger partial charge >= 0.3 is 0 Å². The number of hydrogen-bond acceptors (Lipinski definition) is 2. The molecule has 1 atom stereocenters. The predicted octanol–water partition coefficient (Wildman–Crippen LogP) is 4.09. The molecule has 23 heavy (non-hydrogen) atoms. The van der Waals surface area contributed by atoms with E-state index in [1.165, 1.54) is 0 Å². The summed E-state index contributed by atoms with van der Waals surface area (Å²) in [6, 6.07) is 14.4. The van der Waals surface area contributed by atoms with Crippen LogP contribution in [0, 0.1) is 5.92 Å². The maximum Gasteiger partial charge on any atom is 0.229 e. The number of nitrogens with zero attached hydrogens (tertiary/aromatic N) is 1. The zero-order chi connectivity index (χ0) is 16.4. The average molecular weight is 394 g/mol. The third kappa shape index (κ3) is 3.74. The number of rotatable bonds is 3. The van der Waals surface area contributed by atoms with Gasteiger partial charge in [-0.25, -0.2) is 0 Å². The molecule has 3 rings (SSSR count). The Morgan fingerprint density at radius 2 is 1.96 bits per heavy atom. The SMILES string of the molecule is O=C(Nc1cccc(Br)c1)C1CC(=O)N(c2ccc(Cl)cc2)C1. The number of carbonyl (C=O) groups is 2. The summed E-state index contributed by atoms with van der Waals surface area (Å²) in [5.74, 6) is -0.563. The first-order valence-corrected chi connectivity index (χ1v) is 8.32. The van der Waals surface area contributed by atoms with Crippen LogP contribution in [0.5, 0.6) is 0 Å². The van der Waals surface area contributed by atoms with Crippen molar-refractivity contribution in [3.05, 3.63) is 58.0 Å². The van der Waals surface area contributed by atoms with Gasteiger partial charge < -0.3 is 10.2 Å². The summed E-state index contributed by atoms with van der Waals surface area (Å²) in [7, 11) is 0. The zero-order valence-electron chi connectivity index (χ0n) is 12.1. The molecule has 0 aromatic heterocycles. The molecule has 2 amide bonds. The number of amides is 2. The van der Waals surface area contributed by atoms with Crippen molar-refractivity contribution in [1.29, 1.82) is 0 Å². The van der Waals surface area contributed by atoms with Crippen LogP contribution in [0.25, 0.3) is 0 Å². The lowest BCUT2D eigenvalue weighted by Crippen LogP contribution is -2.28. The van der Waals surface area contributed by atoms with Crippen molar-refractivity contribution in [2.75, 3.05) is 16.8 Å². The van der Waals surface area contributed by atoms with Crippen molar-refractivity contribution < 1.29 is 9.59 Å². The van der Waals surface area contributed by atoms with Gasteiger partial charge in [-0.3, -0.25) is 9.59 Å². The highest BCUT2D eigenvalue weighted by atomic mass is 79.9. The smallest absolute Gasteiger partial charge is 0.229 e. The van der Waals surface area contributed by atoms with Crippen molar-refractivity contribution in [3.63, 3.8) is 0 Å². The number of hydrogen-bond donors (Lipinski definition) is 1. The first-order chi connectivity index (χ1) is 11.0. The van der Waals surface area contributed by atoms with Crippen LogP contribution in [0.4, 0.5) is 11.4 Å². The lowest BCUT2D eigenvalue weighted by Gasteiger charge is -2.16. The molecule has 1 heterocycles. The highest BCUT2D eigenvalue weighted by Crippen LogP contribution is 2.27. The lowest BCUT2D eigenvalue weighted by atomic mass is 10.1. The molecule has 118 valence electrons. The van der Waals surface area contributed by atoms with E-state index in [1.54, 1.807) is 29.2 Å². The molecule has 1 fully saturated rings. The Bertz CT molecular complexity index is 749. The number of carbonyl (C=O) groups excluding carboxylic acids is 2. The van der Waals surface area contributed by atoms with E-state index in [4.69, 9.17) is 11.6 Å². The van der Waals surface area contributed by atoms with Crippen molar-refractivity contribution in [2.45, 2.75) is 6.42 Å². The number of halogens is 2. The van der Waals surface area contributed by atoms with E-state index >= 15 is 0 Å². The lowest BCUT2D eigenvalue weighted by molar-refractivity contribution is -0.122. The third-order valence-electron chi connectivity index (χ3n) is 3.73. The van der Waals surface area contributed by atoms with Crippen LogP contribution < -0.4 is 10.2 Å². The van der Waals surface area contributed by atoms with Crippen LogP contribution in [0.15, 0.2) is 53.0 Å². The molecule has 0 spiro atoms. The highest BCUT2D eigenvalue weighted by molar-refractivity contribution is 9.10. The van der Waals surface area contributed by atoms with Gasteiger partial charge in [-0.2, -0.15) is 0 Å². The second kappa shape index (κ2) is 6.72. The second-order valence-corrected chi connectivity index (χ2v) is 6.73. The van der Waals surface area contributed by atoms with Gasteiger partial charge in [0.2, 0.25) is 11.8 Å². The molecule has 1 saturated heterocycles. The molecular formula is C17H14BrClN2O2. The van der Waals surface area contributed by atoms with Crippen LogP contribution in [0.3, 0.4) is 0 Å². The van der Waals surface area contributed by atoms with Gasteiger partial charge in [-0.1, -0.05) is 33.6 Å². The largest absolute Gasteiger partial charge is 0.326 e. The number of benzene rings is 2. The Balaban J connectivity index is 1.69. The quantitative estimate of drug-likeness (QED) is 0.854. The molecule has 0 bridgehead atoms. The molecular weight excluding hydrogens is 380 g/mol. The summed E-state index contributed by atoms with van der Waals surface area (Å²) in [4.78, 5) is 26.2. The van der Waals surface area contributed by atoms with Gasteiger partial charge in [0.1, 0.15) is 0 Å². The van der Waals surface area contributed by atoms with E-state index in [0.717, 1.165) is 10.2 Å². The van der Waals surface area contributed by atoms with Crippen LogP contribution in [-0.4, -0.2) is 18.4 Å². The fourth-order valence-electron chi connectivity index (χ4n) is 2.56. The van der Waals surface area contributed by atoms with Gasteiger partial charge in [-0.15, -0.1) is 0 Å². The van der Waals surface area contributed by atoms with Crippen molar-refractivity contribution in [3.8, 4) is 0 Å². The Labute approximate surface area is 147 Å². The van der Waals surface area contributed by atoms with E-state index in [-0.39, 0.29) is 24.2 Å². The van der Waals surface area contributed by atoms with Gasteiger partial charge in [-0.05, 0) is 42.5 Å². The van der Waals surface area contributed by atoms with E-state index in [1.807, 2.05) is 24.3 Å². The van der Waals surface area contributed by atoms with Crippen LogP contribution in [0.2, 0.25) is 5.02 Å².